The molecule has 1 aliphatic heterocycles. The molecule has 0 bridgehead atoms. The molecule has 0 atom stereocenters. The van der Waals surface area contributed by atoms with Gasteiger partial charge in [0.05, 0.1) is 32.1 Å². The van der Waals surface area contributed by atoms with Gasteiger partial charge in [-0.2, -0.15) is 0 Å². The fourth-order valence-electron chi connectivity index (χ4n) is 1.82. The van der Waals surface area contributed by atoms with E-state index in [4.69, 9.17) is 4.74 Å². The van der Waals surface area contributed by atoms with Gasteiger partial charge in [-0.1, -0.05) is 6.92 Å². The van der Waals surface area contributed by atoms with E-state index >= 15 is 0 Å². The molecule has 88 valence electrons. The van der Waals surface area contributed by atoms with Crippen molar-refractivity contribution in [1.82, 2.24) is 9.97 Å². The van der Waals surface area contributed by atoms with Crippen molar-refractivity contribution in [3.05, 3.63) is 16.7 Å². The van der Waals surface area contributed by atoms with Crippen molar-refractivity contribution in [1.29, 1.82) is 0 Å². The average Bonchev–Trinajstić information content (AvgIpc) is 2.24. The summed E-state index contributed by atoms with van der Waals surface area (Å²) in [5.41, 5.74) is -0.964. The normalized spacial score (nSPS) is 18.1. The minimum absolute atomic E-state index is 0.195. The van der Waals surface area contributed by atoms with Crippen LogP contribution in [0.2, 0.25) is 0 Å². The number of nitrogens with one attached hydrogen (secondary N) is 1. The Kier molecular flexibility index (Phi) is 2.59. The molecule has 1 fully saturated rings. The van der Waals surface area contributed by atoms with Gasteiger partial charge in [-0.05, 0) is 6.42 Å². The first kappa shape index (κ1) is 10.9. The van der Waals surface area contributed by atoms with Crippen LogP contribution in [0.4, 0.5) is 5.82 Å². The molecule has 6 nitrogen and oxygen atoms in total. The molecule has 1 aromatic rings. The number of nitrogens with zero attached hydrogens (tertiary/aromatic N) is 2. The largest absolute Gasteiger partial charge is 0.489 e. The quantitative estimate of drug-likeness (QED) is 0.741. The van der Waals surface area contributed by atoms with E-state index < -0.39 is 5.60 Å². The second-order valence-corrected chi connectivity index (χ2v) is 4.02. The number of rotatable bonds is 3. The van der Waals surface area contributed by atoms with Crippen LogP contribution in [0, 0.1) is 0 Å². The summed E-state index contributed by atoms with van der Waals surface area (Å²) in [4.78, 5) is 19.8. The predicted octanol–water partition coefficient (Wildman–Crippen LogP) is -0.260. The highest BCUT2D eigenvalue weighted by Gasteiger charge is 2.41. The van der Waals surface area contributed by atoms with Gasteiger partial charge < -0.3 is 19.7 Å². The second kappa shape index (κ2) is 3.79. The van der Waals surface area contributed by atoms with Gasteiger partial charge in [-0.25, -0.2) is 4.98 Å². The lowest BCUT2D eigenvalue weighted by Gasteiger charge is -2.46. The van der Waals surface area contributed by atoms with Crippen LogP contribution in [0.5, 0.6) is 5.75 Å². The van der Waals surface area contributed by atoms with E-state index in [0.717, 1.165) is 0 Å². The molecule has 1 aromatic heterocycles. The third kappa shape index (κ3) is 1.65. The fourth-order valence-corrected chi connectivity index (χ4v) is 1.82. The number of ether oxygens (including phenoxy) is 1. The molecule has 1 aliphatic rings. The Balaban J connectivity index is 2.24. The molecule has 16 heavy (non-hydrogen) atoms. The van der Waals surface area contributed by atoms with Crippen LogP contribution in [-0.2, 0) is 0 Å². The van der Waals surface area contributed by atoms with E-state index in [1.807, 2.05) is 11.8 Å². The maximum atomic E-state index is 11.4. The molecule has 0 saturated carbocycles. The minimum atomic E-state index is -0.657. The Morgan fingerprint density at radius 1 is 1.69 bits per heavy atom. The Hall–Kier alpha value is -1.56. The molecule has 0 radical (unpaired) electrons. The highest BCUT2D eigenvalue weighted by atomic mass is 16.5. The summed E-state index contributed by atoms with van der Waals surface area (Å²) in [6.07, 6.45) is 2.03. The number of hydrogen-bond acceptors (Lipinski definition) is 5. The maximum Gasteiger partial charge on any atom is 0.295 e. The highest BCUT2D eigenvalue weighted by molar-refractivity contribution is 5.53. The molecule has 1 saturated heterocycles. The zero-order valence-corrected chi connectivity index (χ0v) is 9.36. The van der Waals surface area contributed by atoms with Gasteiger partial charge in [0.2, 0.25) is 5.75 Å². The second-order valence-electron chi connectivity index (χ2n) is 4.02. The summed E-state index contributed by atoms with van der Waals surface area (Å²) in [7, 11) is 1.43. The summed E-state index contributed by atoms with van der Waals surface area (Å²) < 4.78 is 5.01. The zero-order valence-electron chi connectivity index (χ0n) is 9.36. The van der Waals surface area contributed by atoms with Crippen LogP contribution in [0.1, 0.15) is 13.3 Å². The van der Waals surface area contributed by atoms with Crippen LogP contribution in [-0.4, -0.2) is 40.9 Å². The molecule has 6 heteroatoms. The first-order valence-electron chi connectivity index (χ1n) is 5.18. The highest BCUT2D eigenvalue weighted by Crippen LogP contribution is 2.31. The molecule has 2 N–H and O–H groups in total. The summed E-state index contributed by atoms with van der Waals surface area (Å²) in [5, 5.41) is 9.89. The zero-order chi connectivity index (χ0) is 11.8. The number of aliphatic hydroxyl groups is 1. The van der Waals surface area contributed by atoms with Gasteiger partial charge >= 0.3 is 0 Å². The Morgan fingerprint density at radius 2 is 2.38 bits per heavy atom. The van der Waals surface area contributed by atoms with Crippen LogP contribution in [0.15, 0.2) is 11.1 Å². The van der Waals surface area contributed by atoms with Gasteiger partial charge in [-0.15, -0.1) is 0 Å². The van der Waals surface area contributed by atoms with Crippen molar-refractivity contribution < 1.29 is 9.84 Å². The van der Waals surface area contributed by atoms with E-state index in [9.17, 15) is 9.90 Å². The van der Waals surface area contributed by atoms with E-state index in [2.05, 4.69) is 9.97 Å². The maximum absolute atomic E-state index is 11.4. The molecule has 0 unspecified atom stereocenters. The van der Waals surface area contributed by atoms with Gasteiger partial charge in [0.1, 0.15) is 0 Å². The number of hydrogen-bond donors (Lipinski definition) is 2. The van der Waals surface area contributed by atoms with E-state index in [1.54, 1.807) is 0 Å². The van der Waals surface area contributed by atoms with Crippen LogP contribution in [0.25, 0.3) is 0 Å². The number of methoxy groups -OCH3 is 1. The molecule has 2 rings (SSSR count). The smallest absolute Gasteiger partial charge is 0.295 e. The van der Waals surface area contributed by atoms with Gasteiger partial charge in [0.15, 0.2) is 5.82 Å². The lowest BCUT2D eigenvalue weighted by Crippen LogP contribution is -2.62. The summed E-state index contributed by atoms with van der Waals surface area (Å²) >= 11 is 0. The van der Waals surface area contributed by atoms with Crippen molar-refractivity contribution in [2.75, 3.05) is 25.1 Å². The molecule has 0 aliphatic carbocycles. The first-order valence-corrected chi connectivity index (χ1v) is 5.18. The number of aromatic amines is 1. The van der Waals surface area contributed by atoms with Crippen molar-refractivity contribution in [3.8, 4) is 5.75 Å². The molecular weight excluding hydrogens is 210 g/mol. The van der Waals surface area contributed by atoms with Crippen LogP contribution >= 0.6 is 0 Å². The summed E-state index contributed by atoms with van der Waals surface area (Å²) in [6, 6.07) is 0. The number of anilines is 1. The standard InChI is InChI=1S/C10H15N3O3/c1-3-10(15)4-13(5-10)8-7(16-2)9(14)12-6-11-8/h6,15H,3-5H2,1-2H3,(H,11,12,14). The third-order valence-electron chi connectivity index (χ3n) is 2.92. The molecular formula is C10H15N3O3. The Labute approximate surface area is 92.9 Å². The summed E-state index contributed by atoms with van der Waals surface area (Å²) in [6.45, 7) is 2.90. The third-order valence-corrected chi connectivity index (χ3v) is 2.92. The van der Waals surface area contributed by atoms with Gasteiger partial charge in [0.25, 0.3) is 5.56 Å². The van der Waals surface area contributed by atoms with Crippen LogP contribution < -0.4 is 15.2 Å². The average molecular weight is 225 g/mol. The van der Waals surface area contributed by atoms with Gasteiger partial charge in [0, 0.05) is 0 Å². The van der Waals surface area contributed by atoms with Crippen molar-refractivity contribution >= 4 is 5.82 Å². The SMILES string of the molecule is CCC1(O)CN(c2nc[nH]c(=O)c2OC)C1. The topological polar surface area (TPSA) is 78.5 Å². The fraction of sp³-hybridized carbons (Fsp3) is 0.600. The number of β-amino-alcohol motifs (C(OH)–C–C–N with tert-alkyl or cyclic N) is 1. The molecule has 2 heterocycles. The van der Waals surface area contributed by atoms with Crippen molar-refractivity contribution in [2.24, 2.45) is 0 Å². The Morgan fingerprint density at radius 3 is 2.94 bits per heavy atom. The number of aromatic nitrogens is 2. The van der Waals surface area contributed by atoms with Crippen LogP contribution in [0.3, 0.4) is 0 Å². The van der Waals surface area contributed by atoms with Crippen molar-refractivity contribution in [3.63, 3.8) is 0 Å². The predicted molar refractivity (Wildman–Crippen MR) is 58.9 cm³/mol. The molecule has 0 amide bonds. The lowest BCUT2D eigenvalue weighted by atomic mass is 9.91. The number of H-pyrrole nitrogens is 1. The minimum Gasteiger partial charge on any atom is -0.489 e. The lowest BCUT2D eigenvalue weighted by molar-refractivity contribution is 0.00778. The first-order chi connectivity index (χ1) is 7.59. The summed E-state index contributed by atoms with van der Waals surface area (Å²) in [5.74, 6) is 0.685. The van der Waals surface area contributed by atoms with E-state index in [-0.39, 0.29) is 11.3 Å². The molecule has 0 spiro atoms. The van der Waals surface area contributed by atoms with Gasteiger partial charge in [-0.3, -0.25) is 4.79 Å². The van der Waals surface area contributed by atoms with E-state index in [1.165, 1.54) is 13.4 Å². The molecule has 0 aromatic carbocycles. The van der Waals surface area contributed by atoms with E-state index in [0.29, 0.717) is 25.3 Å². The Bertz CT molecular complexity index is 437. The van der Waals surface area contributed by atoms with Crippen molar-refractivity contribution in [2.45, 2.75) is 18.9 Å². The monoisotopic (exact) mass is 225 g/mol.